The summed E-state index contributed by atoms with van der Waals surface area (Å²) in [6.45, 7) is 5.75. The highest BCUT2D eigenvalue weighted by atomic mass is 35.5. The monoisotopic (exact) mass is 310 g/mol. The third-order valence-electron chi connectivity index (χ3n) is 4.31. The van der Waals surface area contributed by atoms with E-state index in [1.807, 2.05) is 0 Å². The summed E-state index contributed by atoms with van der Waals surface area (Å²) in [5, 5.41) is 15.0. The van der Waals surface area contributed by atoms with Crippen LogP contribution in [0, 0.1) is 10.1 Å². The SMILES string of the molecule is O=[N+]([O-])c1cccc(Cl)c1N1CCC(N2CCNCC2)C1. The molecule has 0 bridgehead atoms. The van der Waals surface area contributed by atoms with E-state index >= 15 is 0 Å². The van der Waals surface area contributed by atoms with Crippen LogP contribution in [-0.4, -0.2) is 55.1 Å². The van der Waals surface area contributed by atoms with E-state index < -0.39 is 0 Å². The molecule has 0 spiro atoms. The molecule has 1 unspecified atom stereocenters. The van der Waals surface area contributed by atoms with Crippen LogP contribution in [0.25, 0.3) is 0 Å². The van der Waals surface area contributed by atoms with E-state index in [0.717, 1.165) is 45.7 Å². The van der Waals surface area contributed by atoms with Crippen molar-refractivity contribution in [2.24, 2.45) is 0 Å². The maximum atomic E-state index is 11.2. The summed E-state index contributed by atoms with van der Waals surface area (Å²) in [5.74, 6) is 0. The second-order valence-corrected chi connectivity index (χ2v) is 5.95. The zero-order valence-electron chi connectivity index (χ0n) is 11.8. The van der Waals surface area contributed by atoms with Crippen LogP contribution in [0.15, 0.2) is 18.2 Å². The van der Waals surface area contributed by atoms with Gasteiger partial charge in [0.05, 0.1) is 9.95 Å². The number of nitro benzene ring substituents is 1. The summed E-state index contributed by atoms with van der Waals surface area (Å²) >= 11 is 6.22. The Morgan fingerprint density at radius 1 is 1.29 bits per heavy atom. The maximum absolute atomic E-state index is 11.2. The summed E-state index contributed by atoms with van der Waals surface area (Å²) in [4.78, 5) is 15.4. The van der Waals surface area contributed by atoms with Crippen molar-refractivity contribution < 1.29 is 4.92 Å². The molecule has 0 aromatic heterocycles. The number of para-hydroxylation sites is 1. The van der Waals surface area contributed by atoms with E-state index in [1.165, 1.54) is 6.07 Å². The number of halogens is 1. The minimum absolute atomic E-state index is 0.100. The van der Waals surface area contributed by atoms with Crippen LogP contribution in [0.3, 0.4) is 0 Å². The molecule has 1 atom stereocenters. The van der Waals surface area contributed by atoms with Gasteiger partial charge in [-0.15, -0.1) is 0 Å². The van der Waals surface area contributed by atoms with E-state index in [2.05, 4.69) is 15.1 Å². The van der Waals surface area contributed by atoms with Crippen molar-refractivity contribution in [2.75, 3.05) is 44.2 Å². The predicted octanol–water partition coefficient (Wildman–Crippen LogP) is 1.73. The third-order valence-corrected chi connectivity index (χ3v) is 4.61. The van der Waals surface area contributed by atoms with Crippen molar-refractivity contribution in [2.45, 2.75) is 12.5 Å². The Labute approximate surface area is 128 Å². The first-order chi connectivity index (χ1) is 10.2. The number of nitrogens with one attached hydrogen (secondary N) is 1. The fourth-order valence-corrected chi connectivity index (χ4v) is 3.54. The van der Waals surface area contributed by atoms with Crippen molar-refractivity contribution >= 4 is 23.0 Å². The van der Waals surface area contributed by atoms with Gasteiger partial charge in [0.1, 0.15) is 5.69 Å². The minimum atomic E-state index is -0.348. The molecule has 21 heavy (non-hydrogen) atoms. The topological polar surface area (TPSA) is 61.7 Å². The first kappa shape index (κ1) is 14.6. The van der Waals surface area contributed by atoms with Crippen molar-refractivity contribution in [3.05, 3.63) is 33.3 Å². The molecule has 0 amide bonds. The Kier molecular flexibility index (Phi) is 4.28. The normalized spacial score (nSPS) is 23.5. The molecule has 1 N–H and O–H groups in total. The van der Waals surface area contributed by atoms with Gasteiger partial charge < -0.3 is 10.2 Å². The van der Waals surface area contributed by atoms with Crippen LogP contribution in [0.1, 0.15) is 6.42 Å². The Balaban J connectivity index is 1.78. The molecule has 3 rings (SSSR count). The van der Waals surface area contributed by atoms with Crippen molar-refractivity contribution in [1.82, 2.24) is 10.2 Å². The van der Waals surface area contributed by atoms with Gasteiger partial charge in [0.15, 0.2) is 0 Å². The number of hydrogen-bond donors (Lipinski definition) is 1. The number of benzene rings is 1. The Bertz CT molecular complexity index is 534. The highest BCUT2D eigenvalue weighted by Crippen LogP contribution is 2.37. The average Bonchev–Trinajstić information content (AvgIpc) is 2.97. The molecule has 1 aromatic rings. The van der Waals surface area contributed by atoms with E-state index in [0.29, 0.717) is 16.8 Å². The highest BCUT2D eigenvalue weighted by Gasteiger charge is 2.32. The lowest BCUT2D eigenvalue weighted by molar-refractivity contribution is -0.384. The van der Waals surface area contributed by atoms with Gasteiger partial charge in [-0.1, -0.05) is 17.7 Å². The van der Waals surface area contributed by atoms with Gasteiger partial charge in [-0.3, -0.25) is 15.0 Å². The van der Waals surface area contributed by atoms with Gasteiger partial charge in [-0.05, 0) is 12.5 Å². The van der Waals surface area contributed by atoms with Crippen molar-refractivity contribution in [3.8, 4) is 0 Å². The number of anilines is 1. The smallest absolute Gasteiger partial charge is 0.294 e. The fraction of sp³-hybridized carbons (Fsp3) is 0.571. The predicted molar refractivity (Wildman–Crippen MR) is 83.2 cm³/mol. The lowest BCUT2D eigenvalue weighted by Gasteiger charge is -2.32. The van der Waals surface area contributed by atoms with Crippen LogP contribution < -0.4 is 10.2 Å². The summed E-state index contributed by atoms with van der Waals surface area (Å²) in [7, 11) is 0. The summed E-state index contributed by atoms with van der Waals surface area (Å²) in [5.41, 5.74) is 0.672. The largest absolute Gasteiger partial charge is 0.363 e. The molecule has 7 heteroatoms. The second-order valence-electron chi connectivity index (χ2n) is 5.54. The standard InChI is InChI=1S/C14H19ClN4O2/c15-12-2-1-3-13(19(20)21)14(12)18-7-4-11(10-18)17-8-5-16-6-9-17/h1-3,11,16H,4-10H2. The first-order valence-electron chi connectivity index (χ1n) is 7.29. The molecule has 0 saturated carbocycles. The lowest BCUT2D eigenvalue weighted by Crippen LogP contribution is -2.49. The quantitative estimate of drug-likeness (QED) is 0.680. The Hall–Kier alpha value is -1.37. The fourth-order valence-electron chi connectivity index (χ4n) is 3.25. The van der Waals surface area contributed by atoms with Crippen LogP contribution >= 0.6 is 11.6 Å². The third kappa shape index (κ3) is 2.97. The molecule has 0 aliphatic carbocycles. The molecule has 0 radical (unpaired) electrons. The molecule has 2 fully saturated rings. The highest BCUT2D eigenvalue weighted by molar-refractivity contribution is 6.33. The summed E-state index contributed by atoms with van der Waals surface area (Å²) < 4.78 is 0. The van der Waals surface area contributed by atoms with E-state index in [4.69, 9.17) is 11.6 Å². The molecule has 6 nitrogen and oxygen atoms in total. The molecule has 2 heterocycles. The lowest BCUT2D eigenvalue weighted by atomic mass is 10.2. The van der Waals surface area contributed by atoms with Gasteiger partial charge >= 0.3 is 0 Å². The average molecular weight is 311 g/mol. The van der Waals surface area contributed by atoms with Crippen LogP contribution in [0.4, 0.5) is 11.4 Å². The molecule has 2 aliphatic rings. The van der Waals surface area contributed by atoms with Crippen LogP contribution in [0.2, 0.25) is 5.02 Å². The maximum Gasteiger partial charge on any atom is 0.294 e. The van der Waals surface area contributed by atoms with E-state index in [-0.39, 0.29) is 10.6 Å². The van der Waals surface area contributed by atoms with Gasteiger partial charge in [-0.2, -0.15) is 0 Å². The summed E-state index contributed by atoms with van der Waals surface area (Å²) in [6, 6.07) is 5.35. The molecule has 1 aromatic carbocycles. The number of rotatable bonds is 3. The van der Waals surface area contributed by atoms with E-state index in [1.54, 1.807) is 12.1 Å². The second kappa shape index (κ2) is 6.17. The number of nitrogens with zero attached hydrogens (tertiary/aromatic N) is 3. The van der Waals surface area contributed by atoms with Gasteiger partial charge in [0.25, 0.3) is 5.69 Å². The minimum Gasteiger partial charge on any atom is -0.363 e. The van der Waals surface area contributed by atoms with Crippen molar-refractivity contribution in [3.63, 3.8) is 0 Å². The molecular formula is C14H19ClN4O2. The Morgan fingerprint density at radius 3 is 2.76 bits per heavy atom. The number of nitro groups is 1. The van der Waals surface area contributed by atoms with Crippen molar-refractivity contribution in [1.29, 1.82) is 0 Å². The number of hydrogen-bond acceptors (Lipinski definition) is 5. The number of piperazine rings is 1. The molecule has 114 valence electrons. The van der Waals surface area contributed by atoms with E-state index in [9.17, 15) is 10.1 Å². The van der Waals surface area contributed by atoms with Gasteiger partial charge in [-0.25, -0.2) is 0 Å². The zero-order chi connectivity index (χ0) is 14.8. The van der Waals surface area contributed by atoms with Gasteiger partial charge in [0, 0.05) is 51.4 Å². The van der Waals surface area contributed by atoms with Crippen LogP contribution in [0.5, 0.6) is 0 Å². The molecular weight excluding hydrogens is 292 g/mol. The van der Waals surface area contributed by atoms with Crippen LogP contribution in [-0.2, 0) is 0 Å². The zero-order valence-corrected chi connectivity index (χ0v) is 12.6. The first-order valence-corrected chi connectivity index (χ1v) is 7.67. The Morgan fingerprint density at radius 2 is 2.05 bits per heavy atom. The molecule has 2 saturated heterocycles. The summed E-state index contributed by atoms with van der Waals surface area (Å²) in [6.07, 6.45) is 1.03. The molecule has 2 aliphatic heterocycles. The van der Waals surface area contributed by atoms with Gasteiger partial charge in [0.2, 0.25) is 0 Å².